The Kier molecular flexibility index (Phi) is 4.27. The van der Waals surface area contributed by atoms with E-state index in [1.807, 2.05) is 24.3 Å². The summed E-state index contributed by atoms with van der Waals surface area (Å²) in [7, 11) is 0. The lowest BCUT2D eigenvalue weighted by atomic mass is 10.1. The minimum Gasteiger partial charge on any atom is -0.486 e. The molecule has 132 valence electrons. The van der Waals surface area contributed by atoms with Gasteiger partial charge in [-0.25, -0.2) is 4.98 Å². The van der Waals surface area contributed by atoms with Crippen LogP contribution < -0.4 is 14.8 Å². The number of ketones is 1. The Morgan fingerprint density at radius 3 is 2.69 bits per heavy atom. The van der Waals surface area contributed by atoms with Gasteiger partial charge in [0.15, 0.2) is 17.3 Å². The van der Waals surface area contributed by atoms with E-state index in [0.717, 1.165) is 11.0 Å². The molecule has 0 spiro atoms. The second-order valence-corrected chi connectivity index (χ2v) is 5.93. The number of aromatic amines is 1. The van der Waals surface area contributed by atoms with Crippen molar-refractivity contribution in [2.45, 2.75) is 12.8 Å². The summed E-state index contributed by atoms with van der Waals surface area (Å²) >= 11 is 0. The number of ether oxygens (including phenoxy) is 2. The van der Waals surface area contributed by atoms with E-state index in [0.29, 0.717) is 36.2 Å². The average molecular weight is 351 g/mol. The Hall–Kier alpha value is -3.35. The maximum Gasteiger partial charge on any atom is 0.227 e. The van der Waals surface area contributed by atoms with Crippen LogP contribution in [0.4, 0.5) is 5.95 Å². The van der Waals surface area contributed by atoms with Crippen LogP contribution >= 0.6 is 0 Å². The lowest BCUT2D eigenvalue weighted by Crippen LogP contribution is -2.16. The molecule has 0 bridgehead atoms. The first-order valence-corrected chi connectivity index (χ1v) is 8.36. The Balaban J connectivity index is 1.35. The van der Waals surface area contributed by atoms with E-state index in [1.165, 1.54) is 0 Å². The average Bonchev–Trinajstić information content (AvgIpc) is 3.08. The number of rotatable bonds is 5. The van der Waals surface area contributed by atoms with Crippen molar-refractivity contribution >= 4 is 28.7 Å². The van der Waals surface area contributed by atoms with Crippen LogP contribution in [0.3, 0.4) is 0 Å². The van der Waals surface area contributed by atoms with Crippen LogP contribution in [0.15, 0.2) is 42.5 Å². The molecular formula is C19H17N3O4. The van der Waals surface area contributed by atoms with Crippen LogP contribution in [0.25, 0.3) is 11.0 Å². The van der Waals surface area contributed by atoms with Crippen molar-refractivity contribution in [2.75, 3.05) is 18.5 Å². The fraction of sp³-hybridized carbons (Fsp3) is 0.211. The van der Waals surface area contributed by atoms with Crippen molar-refractivity contribution in [1.82, 2.24) is 9.97 Å². The SMILES string of the molecule is O=C(CCC(=O)c1ccc2c(c1)OCCO2)Nc1nc2ccccc2[nH]1. The summed E-state index contributed by atoms with van der Waals surface area (Å²) in [6.07, 6.45) is 0.177. The standard InChI is InChI=1S/C19H17N3O4/c23-15(12-5-7-16-17(11-12)26-10-9-25-16)6-8-18(24)22-19-20-13-3-1-2-4-14(13)21-19/h1-5,7,11H,6,8-10H2,(H2,20,21,22,24). The molecule has 0 radical (unpaired) electrons. The molecule has 1 aromatic heterocycles. The zero-order valence-corrected chi connectivity index (χ0v) is 14.0. The van der Waals surface area contributed by atoms with Gasteiger partial charge in [-0.3, -0.25) is 14.9 Å². The molecule has 2 N–H and O–H groups in total. The summed E-state index contributed by atoms with van der Waals surface area (Å²) in [6, 6.07) is 12.6. The second kappa shape index (κ2) is 6.87. The predicted molar refractivity (Wildman–Crippen MR) is 95.7 cm³/mol. The molecule has 4 rings (SSSR count). The molecule has 1 aliphatic rings. The van der Waals surface area contributed by atoms with Gasteiger partial charge >= 0.3 is 0 Å². The van der Waals surface area contributed by atoms with E-state index in [9.17, 15) is 9.59 Å². The highest BCUT2D eigenvalue weighted by atomic mass is 16.6. The van der Waals surface area contributed by atoms with Gasteiger partial charge in [0.25, 0.3) is 0 Å². The fourth-order valence-electron chi connectivity index (χ4n) is 2.79. The summed E-state index contributed by atoms with van der Waals surface area (Å²) in [4.78, 5) is 31.7. The summed E-state index contributed by atoms with van der Waals surface area (Å²) < 4.78 is 10.9. The number of benzene rings is 2. The molecule has 7 nitrogen and oxygen atoms in total. The van der Waals surface area contributed by atoms with Gasteiger partial charge in [0.2, 0.25) is 11.9 Å². The Labute approximate surface area is 149 Å². The van der Waals surface area contributed by atoms with Crippen molar-refractivity contribution < 1.29 is 19.1 Å². The lowest BCUT2D eigenvalue weighted by molar-refractivity contribution is -0.116. The van der Waals surface area contributed by atoms with Crippen molar-refractivity contribution in [3.05, 3.63) is 48.0 Å². The monoisotopic (exact) mass is 351 g/mol. The number of amides is 1. The number of nitrogens with zero attached hydrogens (tertiary/aromatic N) is 1. The quantitative estimate of drug-likeness (QED) is 0.690. The Morgan fingerprint density at radius 1 is 1.04 bits per heavy atom. The van der Waals surface area contributed by atoms with Crippen molar-refractivity contribution in [3.63, 3.8) is 0 Å². The Morgan fingerprint density at radius 2 is 1.85 bits per heavy atom. The maximum atomic E-state index is 12.3. The molecule has 0 atom stereocenters. The number of hydrogen-bond acceptors (Lipinski definition) is 5. The van der Waals surface area contributed by atoms with E-state index in [4.69, 9.17) is 9.47 Å². The number of H-pyrrole nitrogens is 1. The highest BCUT2D eigenvalue weighted by molar-refractivity contribution is 6.00. The molecule has 7 heteroatoms. The van der Waals surface area contributed by atoms with Crippen LogP contribution in [-0.2, 0) is 4.79 Å². The van der Waals surface area contributed by atoms with Gasteiger partial charge in [0, 0.05) is 18.4 Å². The van der Waals surface area contributed by atoms with Gasteiger partial charge in [-0.2, -0.15) is 0 Å². The number of para-hydroxylation sites is 2. The molecule has 1 aliphatic heterocycles. The van der Waals surface area contributed by atoms with Crippen molar-refractivity contribution in [2.24, 2.45) is 0 Å². The van der Waals surface area contributed by atoms with E-state index < -0.39 is 0 Å². The maximum absolute atomic E-state index is 12.3. The van der Waals surface area contributed by atoms with E-state index in [1.54, 1.807) is 18.2 Å². The van der Waals surface area contributed by atoms with Crippen molar-refractivity contribution in [3.8, 4) is 11.5 Å². The van der Waals surface area contributed by atoms with Gasteiger partial charge in [0.1, 0.15) is 13.2 Å². The molecule has 1 amide bonds. The highest BCUT2D eigenvalue weighted by Crippen LogP contribution is 2.31. The van der Waals surface area contributed by atoms with Gasteiger partial charge in [0.05, 0.1) is 11.0 Å². The number of carbonyl (C=O) groups is 2. The molecular weight excluding hydrogens is 334 g/mol. The predicted octanol–water partition coefficient (Wildman–Crippen LogP) is 2.94. The molecule has 2 heterocycles. The number of Topliss-reactive ketones (excluding diaryl/α,β-unsaturated/α-hetero) is 1. The molecule has 0 unspecified atom stereocenters. The number of anilines is 1. The first-order valence-electron chi connectivity index (χ1n) is 8.36. The zero-order valence-electron chi connectivity index (χ0n) is 14.0. The van der Waals surface area contributed by atoms with Crippen LogP contribution in [-0.4, -0.2) is 34.9 Å². The van der Waals surface area contributed by atoms with E-state index >= 15 is 0 Å². The number of carbonyl (C=O) groups excluding carboxylic acids is 2. The third kappa shape index (κ3) is 3.37. The molecule has 3 aromatic rings. The number of nitrogens with one attached hydrogen (secondary N) is 2. The topological polar surface area (TPSA) is 93.3 Å². The van der Waals surface area contributed by atoms with Crippen LogP contribution in [0.2, 0.25) is 0 Å². The van der Waals surface area contributed by atoms with Crippen LogP contribution in [0.5, 0.6) is 11.5 Å². The van der Waals surface area contributed by atoms with E-state index in [2.05, 4.69) is 15.3 Å². The number of aromatic nitrogens is 2. The van der Waals surface area contributed by atoms with E-state index in [-0.39, 0.29) is 24.5 Å². The summed E-state index contributed by atoms with van der Waals surface area (Å²) in [6.45, 7) is 0.965. The molecule has 0 fully saturated rings. The van der Waals surface area contributed by atoms with Gasteiger partial charge in [-0.15, -0.1) is 0 Å². The zero-order chi connectivity index (χ0) is 17.9. The Bertz CT molecular complexity index is 947. The van der Waals surface area contributed by atoms with Gasteiger partial charge in [-0.05, 0) is 30.3 Å². The molecule has 2 aromatic carbocycles. The summed E-state index contributed by atoms with van der Waals surface area (Å²) in [5, 5.41) is 2.69. The molecule has 26 heavy (non-hydrogen) atoms. The number of fused-ring (bicyclic) bond motifs is 2. The molecule has 0 saturated heterocycles. The van der Waals surface area contributed by atoms with Gasteiger partial charge in [-0.1, -0.05) is 12.1 Å². The van der Waals surface area contributed by atoms with Crippen LogP contribution in [0, 0.1) is 0 Å². The molecule has 0 aliphatic carbocycles. The smallest absolute Gasteiger partial charge is 0.227 e. The summed E-state index contributed by atoms with van der Waals surface area (Å²) in [5.74, 6) is 1.18. The third-order valence-corrected chi connectivity index (χ3v) is 4.09. The number of imidazole rings is 1. The normalized spacial score (nSPS) is 12.8. The fourth-order valence-corrected chi connectivity index (χ4v) is 2.79. The molecule has 0 saturated carbocycles. The second-order valence-electron chi connectivity index (χ2n) is 5.93. The third-order valence-electron chi connectivity index (χ3n) is 4.09. The highest BCUT2D eigenvalue weighted by Gasteiger charge is 2.16. The minimum absolute atomic E-state index is 0.0737. The number of hydrogen-bond donors (Lipinski definition) is 2. The van der Waals surface area contributed by atoms with Crippen LogP contribution in [0.1, 0.15) is 23.2 Å². The first kappa shape index (κ1) is 16.1. The lowest BCUT2D eigenvalue weighted by Gasteiger charge is -2.18. The van der Waals surface area contributed by atoms with Gasteiger partial charge < -0.3 is 14.5 Å². The largest absolute Gasteiger partial charge is 0.486 e. The first-order chi connectivity index (χ1) is 12.7. The van der Waals surface area contributed by atoms with Crippen molar-refractivity contribution in [1.29, 1.82) is 0 Å². The summed E-state index contributed by atoms with van der Waals surface area (Å²) in [5.41, 5.74) is 2.12. The minimum atomic E-state index is -0.269.